The first kappa shape index (κ1) is 16.1. The van der Waals surface area contributed by atoms with Crippen molar-refractivity contribution in [2.24, 2.45) is 5.73 Å². The van der Waals surface area contributed by atoms with Crippen LogP contribution in [0.3, 0.4) is 0 Å². The highest BCUT2D eigenvalue weighted by molar-refractivity contribution is 7.10. The highest BCUT2D eigenvalue weighted by Gasteiger charge is 2.14. The molecule has 0 bridgehead atoms. The first-order valence-corrected chi connectivity index (χ1v) is 8.50. The molecule has 1 aromatic heterocycles. The van der Waals surface area contributed by atoms with E-state index in [2.05, 4.69) is 50.4 Å². The highest BCUT2D eigenvalue weighted by atomic mass is 32.1. The summed E-state index contributed by atoms with van der Waals surface area (Å²) >= 11 is 1.83. The van der Waals surface area contributed by atoms with E-state index in [-0.39, 0.29) is 0 Å². The lowest BCUT2D eigenvalue weighted by molar-refractivity contribution is 0.315. The van der Waals surface area contributed by atoms with E-state index in [1.165, 1.54) is 21.6 Å². The molecule has 1 unspecified atom stereocenters. The monoisotopic (exact) mass is 303 g/mol. The highest BCUT2D eigenvalue weighted by Crippen LogP contribution is 2.28. The third kappa shape index (κ3) is 4.08. The van der Waals surface area contributed by atoms with E-state index in [0.29, 0.717) is 12.5 Å². The van der Waals surface area contributed by atoms with Crippen molar-refractivity contribution in [1.82, 2.24) is 0 Å². The summed E-state index contributed by atoms with van der Waals surface area (Å²) in [6.07, 6.45) is 2.05. The average molecular weight is 303 g/mol. The second-order valence-corrected chi connectivity index (χ2v) is 6.54. The van der Waals surface area contributed by atoms with Gasteiger partial charge in [-0.25, -0.2) is 0 Å². The lowest BCUT2D eigenvalue weighted by Crippen LogP contribution is -2.15. The molecular weight excluding hydrogens is 278 g/mol. The lowest BCUT2D eigenvalue weighted by atomic mass is 9.93. The molecule has 2 N–H and O–H groups in total. The Bertz CT molecular complexity index is 576. The van der Waals surface area contributed by atoms with Crippen molar-refractivity contribution in [2.45, 2.75) is 39.5 Å². The third-order valence-corrected chi connectivity index (χ3v) is 4.86. The summed E-state index contributed by atoms with van der Waals surface area (Å²) in [6, 6.07) is 8.66. The zero-order valence-corrected chi connectivity index (χ0v) is 14.0. The van der Waals surface area contributed by atoms with Gasteiger partial charge in [0.1, 0.15) is 5.75 Å². The fourth-order valence-electron chi connectivity index (χ4n) is 2.47. The standard InChI is InChI=1S/C18H25NOS/c1-4-8-20-17-6-5-15(10-14(17)3)16(12-19)11-18-13(2)7-9-21-18/h5-7,9-10,16H,4,8,11-12,19H2,1-3H3. The van der Waals surface area contributed by atoms with E-state index < -0.39 is 0 Å². The Morgan fingerprint density at radius 3 is 2.57 bits per heavy atom. The van der Waals surface area contributed by atoms with Gasteiger partial charge in [0.2, 0.25) is 0 Å². The van der Waals surface area contributed by atoms with Gasteiger partial charge in [0.05, 0.1) is 6.61 Å². The molecule has 3 heteroatoms. The Morgan fingerprint density at radius 2 is 2.00 bits per heavy atom. The molecule has 0 fully saturated rings. The molecule has 0 aliphatic rings. The summed E-state index contributed by atoms with van der Waals surface area (Å²) in [5.74, 6) is 1.37. The third-order valence-electron chi connectivity index (χ3n) is 3.82. The van der Waals surface area contributed by atoms with Gasteiger partial charge in [-0.05, 0) is 67.4 Å². The molecule has 1 aromatic carbocycles. The Hall–Kier alpha value is -1.32. The number of ether oxygens (including phenoxy) is 1. The van der Waals surface area contributed by atoms with Crippen LogP contribution in [-0.4, -0.2) is 13.2 Å². The number of benzene rings is 1. The normalized spacial score (nSPS) is 12.4. The van der Waals surface area contributed by atoms with Crippen LogP contribution in [0.1, 0.15) is 40.8 Å². The van der Waals surface area contributed by atoms with Crippen LogP contribution in [0.15, 0.2) is 29.6 Å². The maximum absolute atomic E-state index is 6.01. The lowest BCUT2D eigenvalue weighted by Gasteiger charge is -2.17. The first-order valence-electron chi connectivity index (χ1n) is 7.62. The predicted molar refractivity (Wildman–Crippen MR) is 91.5 cm³/mol. The van der Waals surface area contributed by atoms with Crippen LogP contribution >= 0.6 is 11.3 Å². The molecule has 1 heterocycles. The van der Waals surface area contributed by atoms with E-state index in [9.17, 15) is 0 Å². The molecule has 21 heavy (non-hydrogen) atoms. The van der Waals surface area contributed by atoms with Gasteiger partial charge >= 0.3 is 0 Å². The molecule has 114 valence electrons. The molecule has 0 radical (unpaired) electrons. The molecule has 0 aliphatic heterocycles. The summed E-state index contributed by atoms with van der Waals surface area (Å²) in [5, 5.41) is 2.16. The summed E-state index contributed by atoms with van der Waals surface area (Å²) in [7, 11) is 0. The predicted octanol–water partition coefficient (Wildman–Crippen LogP) is 4.44. The Kier molecular flexibility index (Phi) is 5.83. The number of hydrogen-bond donors (Lipinski definition) is 1. The molecule has 2 rings (SSSR count). The molecule has 2 aromatic rings. The summed E-state index contributed by atoms with van der Waals surface area (Å²) in [6.45, 7) is 7.85. The Balaban J connectivity index is 2.15. The van der Waals surface area contributed by atoms with Gasteiger partial charge in [0, 0.05) is 10.8 Å². The van der Waals surface area contributed by atoms with Crippen molar-refractivity contribution >= 4 is 11.3 Å². The maximum Gasteiger partial charge on any atom is 0.122 e. The van der Waals surface area contributed by atoms with E-state index >= 15 is 0 Å². The molecule has 2 nitrogen and oxygen atoms in total. The number of hydrogen-bond acceptors (Lipinski definition) is 3. The van der Waals surface area contributed by atoms with Gasteiger partial charge in [0.15, 0.2) is 0 Å². The van der Waals surface area contributed by atoms with Gasteiger partial charge in [-0.1, -0.05) is 19.1 Å². The number of aryl methyl sites for hydroxylation is 2. The number of nitrogens with two attached hydrogens (primary N) is 1. The van der Waals surface area contributed by atoms with Crippen molar-refractivity contribution in [3.63, 3.8) is 0 Å². The zero-order valence-electron chi connectivity index (χ0n) is 13.2. The minimum Gasteiger partial charge on any atom is -0.493 e. The second-order valence-electron chi connectivity index (χ2n) is 5.54. The molecule has 0 spiro atoms. The van der Waals surface area contributed by atoms with E-state index in [1.54, 1.807) is 0 Å². The van der Waals surface area contributed by atoms with Crippen molar-refractivity contribution in [3.05, 3.63) is 51.2 Å². The second kappa shape index (κ2) is 7.62. The molecule has 1 atom stereocenters. The van der Waals surface area contributed by atoms with Gasteiger partial charge in [-0.2, -0.15) is 0 Å². The van der Waals surface area contributed by atoms with Crippen LogP contribution in [0, 0.1) is 13.8 Å². The Labute approximate surface area is 132 Å². The van der Waals surface area contributed by atoms with Crippen molar-refractivity contribution in [3.8, 4) is 5.75 Å². The number of thiophene rings is 1. The van der Waals surface area contributed by atoms with Gasteiger partial charge in [0.25, 0.3) is 0 Å². The molecule has 0 saturated heterocycles. The van der Waals surface area contributed by atoms with E-state index in [0.717, 1.165) is 25.2 Å². The minimum atomic E-state index is 0.376. The fraction of sp³-hybridized carbons (Fsp3) is 0.444. The smallest absolute Gasteiger partial charge is 0.122 e. The fourth-order valence-corrected chi connectivity index (χ4v) is 3.46. The molecule has 0 aliphatic carbocycles. The topological polar surface area (TPSA) is 35.2 Å². The van der Waals surface area contributed by atoms with E-state index in [4.69, 9.17) is 10.5 Å². The first-order chi connectivity index (χ1) is 10.2. The van der Waals surface area contributed by atoms with Gasteiger partial charge in [-0.15, -0.1) is 11.3 Å². The Morgan fingerprint density at radius 1 is 1.19 bits per heavy atom. The van der Waals surface area contributed by atoms with Gasteiger partial charge < -0.3 is 10.5 Å². The van der Waals surface area contributed by atoms with Crippen LogP contribution in [-0.2, 0) is 6.42 Å². The molecule has 0 amide bonds. The average Bonchev–Trinajstić information content (AvgIpc) is 2.88. The van der Waals surface area contributed by atoms with Crippen molar-refractivity contribution in [1.29, 1.82) is 0 Å². The van der Waals surface area contributed by atoms with Crippen molar-refractivity contribution < 1.29 is 4.74 Å². The van der Waals surface area contributed by atoms with Crippen LogP contribution < -0.4 is 10.5 Å². The maximum atomic E-state index is 6.01. The number of rotatable bonds is 7. The van der Waals surface area contributed by atoms with Crippen LogP contribution in [0.2, 0.25) is 0 Å². The summed E-state index contributed by atoms with van der Waals surface area (Å²) in [5.41, 5.74) is 9.89. The SMILES string of the molecule is CCCOc1ccc(C(CN)Cc2sccc2C)cc1C. The van der Waals surface area contributed by atoms with Crippen LogP contribution in [0.5, 0.6) is 5.75 Å². The van der Waals surface area contributed by atoms with E-state index in [1.807, 2.05) is 11.3 Å². The van der Waals surface area contributed by atoms with Crippen LogP contribution in [0.25, 0.3) is 0 Å². The zero-order chi connectivity index (χ0) is 15.2. The minimum absolute atomic E-state index is 0.376. The largest absolute Gasteiger partial charge is 0.493 e. The summed E-state index contributed by atoms with van der Waals surface area (Å²) in [4.78, 5) is 1.44. The molecular formula is C18H25NOS. The summed E-state index contributed by atoms with van der Waals surface area (Å²) < 4.78 is 5.75. The van der Waals surface area contributed by atoms with Gasteiger partial charge in [-0.3, -0.25) is 0 Å². The van der Waals surface area contributed by atoms with Crippen molar-refractivity contribution in [2.75, 3.05) is 13.2 Å². The van der Waals surface area contributed by atoms with Crippen LogP contribution in [0.4, 0.5) is 0 Å². The quantitative estimate of drug-likeness (QED) is 0.820. The molecule has 0 saturated carbocycles.